The number of aliphatic hydroxyl groups excluding tert-OH is 1. The van der Waals surface area contributed by atoms with Gasteiger partial charge >= 0.3 is 0 Å². The topological polar surface area (TPSA) is 69.2 Å². The summed E-state index contributed by atoms with van der Waals surface area (Å²) in [5.41, 5.74) is 0.978. The standard InChI is InChI=1S/C14H19N3O2S/c1-8-9(2)20-14-12(8)13(19)15-11(16-14)7-17(5-6-18)10-3-4-10/h10,18H,3-7H2,1-2H3,(H,15,16,19). The fraction of sp³-hybridized carbons (Fsp3) is 0.571. The van der Waals surface area contributed by atoms with Crippen LogP contribution in [-0.4, -0.2) is 39.2 Å². The van der Waals surface area contributed by atoms with Gasteiger partial charge in [0.1, 0.15) is 10.7 Å². The summed E-state index contributed by atoms with van der Waals surface area (Å²) >= 11 is 1.57. The molecule has 0 amide bonds. The highest BCUT2D eigenvalue weighted by Crippen LogP contribution is 2.28. The first-order chi connectivity index (χ1) is 9.60. The molecule has 0 bridgehead atoms. The number of rotatable bonds is 5. The van der Waals surface area contributed by atoms with Gasteiger partial charge in [0.05, 0.1) is 18.5 Å². The second-order valence-electron chi connectivity index (χ2n) is 5.40. The lowest BCUT2D eigenvalue weighted by molar-refractivity contribution is 0.180. The van der Waals surface area contributed by atoms with Crippen molar-refractivity contribution in [3.05, 3.63) is 26.6 Å². The van der Waals surface area contributed by atoms with Gasteiger partial charge in [0, 0.05) is 17.5 Å². The van der Waals surface area contributed by atoms with Gasteiger partial charge in [-0.1, -0.05) is 0 Å². The lowest BCUT2D eigenvalue weighted by Gasteiger charge is -2.19. The fourth-order valence-corrected chi connectivity index (χ4v) is 3.57. The Balaban J connectivity index is 1.94. The van der Waals surface area contributed by atoms with Crippen LogP contribution in [0, 0.1) is 13.8 Å². The normalized spacial score (nSPS) is 15.4. The van der Waals surface area contributed by atoms with E-state index in [2.05, 4.69) is 14.9 Å². The maximum Gasteiger partial charge on any atom is 0.259 e. The van der Waals surface area contributed by atoms with E-state index in [4.69, 9.17) is 5.11 Å². The van der Waals surface area contributed by atoms with E-state index in [1.54, 1.807) is 11.3 Å². The van der Waals surface area contributed by atoms with E-state index < -0.39 is 0 Å². The monoisotopic (exact) mass is 293 g/mol. The smallest absolute Gasteiger partial charge is 0.259 e. The van der Waals surface area contributed by atoms with Crippen LogP contribution in [0.1, 0.15) is 29.1 Å². The molecule has 3 rings (SSSR count). The molecule has 0 aromatic carbocycles. The number of H-pyrrole nitrogens is 1. The quantitative estimate of drug-likeness (QED) is 0.878. The third-order valence-corrected chi connectivity index (χ3v) is 4.99. The van der Waals surface area contributed by atoms with Gasteiger partial charge in [-0.2, -0.15) is 0 Å². The van der Waals surface area contributed by atoms with Gasteiger partial charge in [0.25, 0.3) is 5.56 Å². The molecule has 2 heterocycles. The van der Waals surface area contributed by atoms with Crippen molar-refractivity contribution in [1.29, 1.82) is 0 Å². The van der Waals surface area contributed by atoms with Gasteiger partial charge in [0.2, 0.25) is 0 Å². The summed E-state index contributed by atoms with van der Waals surface area (Å²) in [6.07, 6.45) is 2.34. The largest absolute Gasteiger partial charge is 0.395 e. The molecule has 1 aliphatic carbocycles. The molecule has 2 aromatic heterocycles. The molecule has 2 aromatic rings. The first-order valence-corrected chi connectivity index (χ1v) is 7.75. The third-order valence-electron chi connectivity index (χ3n) is 3.89. The minimum Gasteiger partial charge on any atom is -0.395 e. The molecule has 5 nitrogen and oxygen atoms in total. The van der Waals surface area contributed by atoms with Crippen molar-refractivity contribution in [3.63, 3.8) is 0 Å². The molecular formula is C14H19N3O2S. The average molecular weight is 293 g/mol. The highest BCUT2D eigenvalue weighted by Gasteiger charge is 2.29. The number of aryl methyl sites for hydroxylation is 2. The minimum absolute atomic E-state index is 0.0494. The van der Waals surface area contributed by atoms with Crippen LogP contribution >= 0.6 is 11.3 Å². The number of hydrogen-bond donors (Lipinski definition) is 2. The molecule has 108 valence electrons. The van der Waals surface area contributed by atoms with E-state index in [0.717, 1.165) is 20.7 Å². The van der Waals surface area contributed by atoms with Crippen LogP contribution in [0.5, 0.6) is 0 Å². The molecule has 6 heteroatoms. The molecule has 20 heavy (non-hydrogen) atoms. The molecule has 0 radical (unpaired) electrons. The molecule has 0 aliphatic heterocycles. The maximum atomic E-state index is 12.2. The van der Waals surface area contributed by atoms with Crippen molar-refractivity contribution < 1.29 is 5.11 Å². The van der Waals surface area contributed by atoms with Crippen molar-refractivity contribution in [1.82, 2.24) is 14.9 Å². The Hall–Kier alpha value is -1.24. The molecule has 0 unspecified atom stereocenters. The second kappa shape index (κ2) is 5.27. The Labute approximate surface area is 121 Å². The first kappa shape index (κ1) is 13.7. The lowest BCUT2D eigenvalue weighted by atomic mass is 10.2. The van der Waals surface area contributed by atoms with Crippen LogP contribution in [0.2, 0.25) is 0 Å². The summed E-state index contributed by atoms with van der Waals surface area (Å²) < 4.78 is 0. The van der Waals surface area contributed by atoms with Gasteiger partial charge < -0.3 is 10.1 Å². The highest BCUT2D eigenvalue weighted by atomic mass is 32.1. The number of hydrogen-bond acceptors (Lipinski definition) is 5. The van der Waals surface area contributed by atoms with E-state index in [9.17, 15) is 4.79 Å². The zero-order valence-electron chi connectivity index (χ0n) is 11.8. The Kier molecular flexibility index (Phi) is 3.62. The van der Waals surface area contributed by atoms with Crippen molar-refractivity contribution >= 4 is 21.6 Å². The number of nitrogens with zero attached hydrogens (tertiary/aromatic N) is 2. The number of fused-ring (bicyclic) bond motifs is 1. The van der Waals surface area contributed by atoms with Crippen molar-refractivity contribution in [2.45, 2.75) is 39.3 Å². The second-order valence-corrected chi connectivity index (χ2v) is 6.60. The van der Waals surface area contributed by atoms with Crippen molar-refractivity contribution in [3.8, 4) is 0 Å². The Morgan fingerprint density at radius 3 is 2.85 bits per heavy atom. The first-order valence-electron chi connectivity index (χ1n) is 6.94. The number of nitrogens with one attached hydrogen (secondary N) is 1. The van der Waals surface area contributed by atoms with Crippen molar-refractivity contribution in [2.75, 3.05) is 13.2 Å². The van der Waals surface area contributed by atoms with E-state index in [0.29, 0.717) is 25.0 Å². The van der Waals surface area contributed by atoms with Crippen LogP contribution in [0.25, 0.3) is 10.2 Å². The van der Waals surface area contributed by atoms with Gasteiger partial charge in [-0.15, -0.1) is 11.3 Å². The van der Waals surface area contributed by atoms with Crippen LogP contribution in [0.3, 0.4) is 0 Å². The van der Waals surface area contributed by atoms with Crippen LogP contribution in [0.15, 0.2) is 4.79 Å². The zero-order valence-corrected chi connectivity index (χ0v) is 12.6. The van der Waals surface area contributed by atoms with Gasteiger partial charge in [-0.05, 0) is 32.3 Å². The number of aliphatic hydroxyl groups is 1. The molecule has 0 saturated heterocycles. The van der Waals surface area contributed by atoms with Gasteiger partial charge in [-0.3, -0.25) is 9.69 Å². The van der Waals surface area contributed by atoms with E-state index in [1.165, 1.54) is 12.8 Å². The summed E-state index contributed by atoms with van der Waals surface area (Å²) in [7, 11) is 0. The Morgan fingerprint density at radius 2 is 2.20 bits per heavy atom. The van der Waals surface area contributed by atoms with Gasteiger partial charge in [0.15, 0.2) is 0 Å². The predicted molar refractivity (Wildman–Crippen MR) is 80.2 cm³/mol. The van der Waals surface area contributed by atoms with Crippen LogP contribution < -0.4 is 5.56 Å². The number of thiophene rings is 1. The molecule has 1 saturated carbocycles. The summed E-state index contributed by atoms with van der Waals surface area (Å²) in [6, 6.07) is 0.537. The molecular weight excluding hydrogens is 274 g/mol. The highest BCUT2D eigenvalue weighted by molar-refractivity contribution is 7.18. The molecule has 0 spiro atoms. The summed E-state index contributed by atoms with van der Waals surface area (Å²) in [5, 5.41) is 9.84. The zero-order chi connectivity index (χ0) is 14.3. The van der Waals surface area contributed by atoms with Crippen molar-refractivity contribution in [2.24, 2.45) is 0 Å². The van der Waals surface area contributed by atoms with Crippen LogP contribution in [0.4, 0.5) is 0 Å². The Morgan fingerprint density at radius 1 is 1.45 bits per heavy atom. The summed E-state index contributed by atoms with van der Waals surface area (Å²) in [4.78, 5) is 23.8. The molecule has 1 aliphatic rings. The molecule has 2 N–H and O–H groups in total. The molecule has 1 fully saturated rings. The predicted octanol–water partition coefficient (Wildman–Crippen LogP) is 1.56. The average Bonchev–Trinajstić information content (AvgIpc) is 3.17. The molecule has 0 atom stereocenters. The summed E-state index contributed by atoms with van der Waals surface area (Å²) in [5.74, 6) is 0.698. The lowest BCUT2D eigenvalue weighted by Crippen LogP contribution is -2.30. The van der Waals surface area contributed by atoms with Gasteiger partial charge in [-0.25, -0.2) is 4.98 Å². The fourth-order valence-electron chi connectivity index (χ4n) is 2.53. The van der Waals surface area contributed by atoms with E-state index >= 15 is 0 Å². The Bertz CT molecular complexity index is 688. The number of aromatic nitrogens is 2. The minimum atomic E-state index is -0.0494. The SMILES string of the molecule is Cc1sc2nc(CN(CCO)C3CC3)[nH]c(=O)c2c1C. The third kappa shape index (κ3) is 2.51. The summed E-state index contributed by atoms with van der Waals surface area (Å²) in [6.45, 7) is 5.36. The maximum absolute atomic E-state index is 12.2. The van der Waals surface area contributed by atoms with Crippen LogP contribution in [-0.2, 0) is 6.54 Å². The van der Waals surface area contributed by atoms with E-state index in [1.807, 2.05) is 13.8 Å². The van der Waals surface area contributed by atoms with E-state index in [-0.39, 0.29) is 12.2 Å². The number of aromatic amines is 1.